The van der Waals surface area contributed by atoms with Crippen molar-refractivity contribution in [1.29, 1.82) is 0 Å². The second-order valence-corrected chi connectivity index (χ2v) is 4.55. The summed E-state index contributed by atoms with van der Waals surface area (Å²) in [6, 6.07) is -0.176. The molecule has 2 rings (SSSR count). The summed E-state index contributed by atoms with van der Waals surface area (Å²) < 4.78 is 39.7. The van der Waals surface area contributed by atoms with Gasteiger partial charge in [-0.15, -0.1) is 0 Å². The zero-order chi connectivity index (χ0) is 14.9. The second kappa shape index (κ2) is 5.20. The summed E-state index contributed by atoms with van der Waals surface area (Å²) in [6.07, 6.45) is -0.691. The number of aromatic nitrogens is 4. The Balaban J connectivity index is 2.50. The fourth-order valence-electron chi connectivity index (χ4n) is 1.69. The number of imidazole rings is 1. The molecule has 0 bridgehead atoms. The lowest BCUT2D eigenvalue weighted by molar-refractivity contribution is -0.140. The van der Waals surface area contributed by atoms with Crippen LogP contribution in [0.25, 0.3) is 11.5 Å². The molecule has 0 fully saturated rings. The molecule has 0 atom stereocenters. The van der Waals surface area contributed by atoms with Gasteiger partial charge in [0.25, 0.3) is 0 Å². The number of nitrogens with zero attached hydrogens (tertiary/aromatic N) is 4. The highest BCUT2D eigenvalue weighted by Crippen LogP contribution is 2.31. The van der Waals surface area contributed by atoms with Crippen molar-refractivity contribution in [3.63, 3.8) is 0 Å². The van der Waals surface area contributed by atoms with Crippen LogP contribution in [0.5, 0.6) is 0 Å². The number of halogens is 3. The van der Waals surface area contributed by atoms with Gasteiger partial charge in [0.2, 0.25) is 0 Å². The van der Waals surface area contributed by atoms with E-state index in [0.29, 0.717) is 5.69 Å². The van der Waals surface area contributed by atoms with Crippen molar-refractivity contribution < 1.29 is 13.2 Å². The number of hydrogen-bond donors (Lipinski definition) is 1. The van der Waals surface area contributed by atoms with E-state index < -0.39 is 11.9 Å². The molecule has 0 aliphatic heterocycles. The van der Waals surface area contributed by atoms with E-state index in [-0.39, 0.29) is 24.1 Å². The molecule has 0 saturated heterocycles. The molecular weight excluding hydrogens is 271 g/mol. The van der Waals surface area contributed by atoms with Gasteiger partial charge in [-0.3, -0.25) is 4.98 Å². The summed E-state index contributed by atoms with van der Waals surface area (Å²) in [6.45, 7) is 3.76. The first-order valence-corrected chi connectivity index (χ1v) is 6.00. The molecule has 108 valence electrons. The SMILES string of the molecule is CC(C)n1cc(C(F)(F)F)nc1-c1cnc(CN)cn1. The summed E-state index contributed by atoms with van der Waals surface area (Å²) in [7, 11) is 0. The predicted octanol–water partition coefficient (Wildman–Crippen LogP) is 2.40. The zero-order valence-corrected chi connectivity index (χ0v) is 11.0. The molecule has 0 radical (unpaired) electrons. The van der Waals surface area contributed by atoms with E-state index in [4.69, 9.17) is 5.73 Å². The molecule has 2 aromatic rings. The van der Waals surface area contributed by atoms with Crippen molar-refractivity contribution in [2.75, 3.05) is 0 Å². The molecule has 2 N–H and O–H groups in total. The fourth-order valence-corrected chi connectivity index (χ4v) is 1.69. The smallest absolute Gasteiger partial charge is 0.326 e. The van der Waals surface area contributed by atoms with Crippen LogP contribution >= 0.6 is 0 Å². The predicted molar refractivity (Wildman–Crippen MR) is 66.5 cm³/mol. The van der Waals surface area contributed by atoms with Crippen LogP contribution in [0.4, 0.5) is 13.2 Å². The topological polar surface area (TPSA) is 69.6 Å². The molecule has 2 aromatic heterocycles. The first kappa shape index (κ1) is 14.4. The first-order valence-electron chi connectivity index (χ1n) is 6.00. The molecule has 0 saturated carbocycles. The van der Waals surface area contributed by atoms with Crippen LogP contribution < -0.4 is 5.73 Å². The van der Waals surface area contributed by atoms with Crippen LogP contribution in [0.2, 0.25) is 0 Å². The van der Waals surface area contributed by atoms with Gasteiger partial charge >= 0.3 is 6.18 Å². The third-order valence-electron chi connectivity index (χ3n) is 2.72. The monoisotopic (exact) mass is 285 g/mol. The largest absolute Gasteiger partial charge is 0.434 e. The number of alkyl halides is 3. The van der Waals surface area contributed by atoms with E-state index in [9.17, 15) is 13.2 Å². The van der Waals surface area contributed by atoms with Crippen LogP contribution in [-0.2, 0) is 12.7 Å². The summed E-state index contributed by atoms with van der Waals surface area (Å²) in [5, 5.41) is 0. The Morgan fingerprint density at radius 3 is 2.40 bits per heavy atom. The maximum absolute atomic E-state index is 12.8. The molecule has 2 heterocycles. The van der Waals surface area contributed by atoms with Crippen molar-refractivity contribution in [2.24, 2.45) is 5.73 Å². The van der Waals surface area contributed by atoms with E-state index in [1.165, 1.54) is 17.0 Å². The molecule has 20 heavy (non-hydrogen) atoms. The van der Waals surface area contributed by atoms with Crippen molar-refractivity contribution in [3.05, 3.63) is 30.0 Å². The van der Waals surface area contributed by atoms with E-state index >= 15 is 0 Å². The molecule has 0 aliphatic rings. The molecule has 0 amide bonds. The lowest BCUT2D eigenvalue weighted by atomic mass is 10.3. The average Bonchev–Trinajstić information content (AvgIpc) is 2.84. The maximum atomic E-state index is 12.8. The van der Waals surface area contributed by atoms with E-state index in [1.54, 1.807) is 13.8 Å². The molecular formula is C12H14F3N5. The minimum absolute atomic E-state index is 0.142. The first-order chi connectivity index (χ1) is 9.32. The molecule has 8 heteroatoms. The highest BCUT2D eigenvalue weighted by Gasteiger charge is 2.35. The third kappa shape index (κ3) is 2.79. The highest BCUT2D eigenvalue weighted by molar-refractivity contribution is 5.49. The molecule has 0 unspecified atom stereocenters. The quantitative estimate of drug-likeness (QED) is 0.940. The van der Waals surface area contributed by atoms with Crippen LogP contribution in [-0.4, -0.2) is 19.5 Å². The van der Waals surface area contributed by atoms with Gasteiger partial charge in [0.05, 0.1) is 18.1 Å². The third-order valence-corrected chi connectivity index (χ3v) is 2.72. The number of rotatable bonds is 3. The lowest BCUT2D eigenvalue weighted by Crippen LogP contribution is -2.05. The Morgan fingerprint density at radius 1 is 1.25 bits per heavy atom. The highest BCUT2D eigenvalue weighted by atomic mass is 19.4. The second-order valence-electron chi connectivity index (χ2n) is 4.55. The Hall–Kier alpha value is -1.96. The maximum Gasteiger partial charge on any atom is 0.434 e. The minimum Gasteiger partial charge on any atom is -0.326 e. The molecule has 0 aromatic carbocycles. The van der Waals surface area contributed by atoms with E-state index in [1.807, 2.05) is 0 Å². The normalized spacial score (nSPS) is 12.2. The fraction of sp³-hybridized carbons (Fsp3) is 0.417. The van der Waals surface area contributed by atoms with Gasteiger partial charge in [-0.1, -0.05) is 0 Å². The average molecular weight is 285 g/mol. The van der Waals surface area contributed by atoms with Crippen LogP contribution in [0, 0.1) is 0 Å². The summed E-state index contributed by atoms with van der Waals surface area (Å²) in [5.41, 5.74) is 5.31. The Kier molecular flexibility index (Phi) is 3.76. The van der Waals surface area contributed by atoms with Crippen molar-refractivity contribution in [3.8, 4) is 11.5 Å². The van der Waals surface area contributed by atoms with Gasteiger partial charge in [-0.05, 0) is 13.8 Å². The van der Waals surface area contributed by atoms with Gasteiger partial charge in [-0.25, -0.2) is 9.97 Å². The Bertz CT molecular complexity index is 586. The van der Waals surface area contributed by atoms with Gasteiger partial charge in [0.15, 0.2) is 11.5 Å². The van der Waals surface area contributed by atoms with Crippen molar-refractivity contribution in [1.82, 2.24) is 19.5 Å². The van der Waals surface area contributed by atoms with E-state index in [0.717, 1.165) is 6.20 Å². The molecule has 0 spiro atoms. The summed E-state index contributed by atoms with van der Waals surface area (Å²) >= 11 is 0. The summed E-state index contributed by atoms with van der Waals surface area (Å²) in [5.74, 6) is 0.142. The Morgan fingerprint density at radius 2 is 1.95 bits per heavy atom. The van der Waals surface area contributed by atoms with Gasteiger partial charge < -0.3 is 10.3 Å². The number of nitrogens with two attached hydrogens (primary N) is 1. The van der Waals surface area contributed by atoms with Crippen LogP contribution in [0.1, 0.15) is 31.3 Å². The van der Waals surface area contributed by atoms with Crippen molar-refractivity contribution in [2.45, 2.75) is 32.6 Å². The molecule has 0 aliphatic carbocycles. The summed E-state index contributed by atoms with van der Waals surface area (Å²) in [4.78, 5) is 11.7. The zero-order valence-electron chi connectivity index (χ0n) is 11.0. The van der Waals surface area contributed by atoms with E-state index in [2.05, 4.69) is 15.0 Å². The minimum atomic E-state index is -4.49. The van der Waals surface area contributed by atoms with Crippen LogP contribution in [0.3, 0.4) is 0 Å². The Labute approximate surface area is 113 Å². The lowest BCUT2D eigenvalue weighted by Gasteiger charge is -2.10. The number of hydrogen-bond acceptors (Lipinski definition) is 4. The standard InChI is InChI=1S/C12H14F3N5/c1-7(2)20-6-10(12(13,14)15)19-11(20)9-5-17-8(3-16)4-18-9/h4-7H,3,16H2,1-2H3. The van der Waals surface area contributed by atoms with Gasteiger partial charge in [0.1, 0.15) is 5.69 Å². The van der Waals surface area contributed by atoms with Gasteiger partial charge in [-0.2, -0.15) is 13.2 Å². The molecule has 5 nitrogen and oxygen atoms in total. The van der Waals surface area contributed by atoms with Gasteiger partial charge in [0, 0.05) is 18.8 Å². The van der Waals surface area contributed by atoms with Crippen LogP contribution in [0.15, 0.2) is 18.6 Å². The van der Waals surface area contributed by atoms with Crippen molar-refractivity contribution >= 4 is 0 Å².